The van der Waals surface area contributed by atoms with E-state index in [-0.39, 0.29) is 23.4 Å². The molecular weight excluding hydrogens is 435 g/mol. The van der Waals surface area contributed by atoms with E-state index in [4.69, 9.17) is 0 Å². The summed E-state index contributed by atoms with van der Waals surface area (Å²) >= 11 is 0. The zero-order valence-electron chi connectivity index (χ0n) is 17.4. The standard InChI is InChI=1S/C23H18F3N5O2/c1-2-14-4-3-5-17(10-14)29-19(32)12-31-13-28-21-18(22(31)33)11-27-20(30-21)15-6-8-16(9-7-15)23(24,25)26/h3-11,13H,2,12H2,1H3,(H,29,32). The van der Waals surface area contributed by atoms with Gasteiger partial charge < -0.3 is 5.32 Å². The van der Waals surface area contributed by atoms with Gasteiger partial charge in [-0.05, 0) is 36.2 Å². The topological polar surface area (TPSA) is 89.8 Å². The molecular formula is C23H18F3N5O2. The van der Waals surface area contributed by atoms with Crippen LogP contribution in [0.2, 0.25) is 0 Å². The normalized spacial score (nSPS) is 11.5. The first-order chi connectivity index (χ1) is 15.7. The molecule has 0 unspecified atom stereocenters. The number of amides is 1. The molecule has 4 rings (SSSR count). The number of aryl methyl sites for hydroxylation is 1. The Bertz CT molecular complexity index is 1380. The van der Waals surface area contributed by atoms with Crippen LogP contribution in [-0.2, 0) is 23.9 Å². The molecule has 10 heteroatoms. The lowest BCUT2D eigenvalue weighted by Gasteiger charge is -2.09. The van der Waals surface area contributed by atoms with Crippen molar-refractivity contribution in [1.29, 1.82) is 0 Å². The fraction of sp³-hybridized carbons (Fsp3) is 0.174. The number of hydrogen-bond donors (Lipinski definition) is 1. The Labute approximate surface area is 186 Å². The summed E-state index contributed by atoms with van der Waals surface area (Å²) in [4.78, 5) is 37.6. The number of alkyl halides is 3. The smallest absolute Gasteiger partial charge is 0.325 e. The molecule has 33 heavy (non-hydrogen) atoms. The number of aromatic nitrogens is 4. The number of carbonyl (C=O) groups excluding carboxylic acids is 1. The van der Waals surface area contributed by atoms with Crippen LogP contribution in [0.3, 0.4) is 0 Å². The second kappa shape index (κ2) is 8.81. The maximum absolute atomic E-state index is 12.8. The highest BCUT2D eigenvalue weighted by Gasteiger charge is 2.30. The SMILES string of the molecule is CCc1cccc(NC(=O)Cn2cnc3nc(-c4ccc(C(F)(F)F)cc4)ncc3c2=O)c1. The lowest BCUT2D eigenvalue weighted by atomic mass is 10.1. The number of anilines is 1. The summed E-state index contributed by atoms with van der Waals surface area (Å²) in [5, 5.41) is 2.84. The second-order valence-corrected chi connectivity index (χ2v) is 7.29. The molecule has 7 nitrogen and oxygen atoms in total. The van der Waals surface area contributed by atoms with E-state index in [0.29, 0.717) is 11.3 Å². The molecule has 0 atom stereocenters. The molecule has 0 saturated carbocycles. The third-order valence-corrected chi connectivity index (χ3v) is 4.98. The van der Waals surface area contributed by atoms with Gasteiger partial charge >= 0.3 is 6.18 Å². The van der Waals surface area contributed by atoms with Crippen molar-refractivity contribution in [2.24, 2.45) is 0 Å². The van der Waals surface area contributed by atoms with Crippen LogP contribution in [-0.4, -0.2) is 25.4 Å². The second-order valence-electron chi connectivity index (χ2n) is 7.29. The third-order valence-electron chi connectivity index (χ3n) is 4.98. The van der Waals surface area contributed by atoms with Crippen molar-refractivity contribution in [3.8, 4) is 11.4 Å². The van der Waals surface area contributed by atoms with E-state index < -0.39 is 23.2 Å². The van der Waals surface area contributed by atoms with Gasteiger partial charge in [-0.1, -0.05) is 31.2 Å². The Morgan fingerprint density at radius 1 is 1.09 bits per heavy atom. The van der Waals surface area contributed by atoms with Crippen LogP contribution in [0.1, 0.15) is 18.1 Å². The van der Waals surface area contributed by atoms with Crippen LogP contribution in [0.25, 0.3) is 22.4 Å². The minimum absolute atomic E-state index is 0.0807. The number of halogens is 3. The van der Waals surface area contributed by atoms with E-state index >= 15 is 0 Å². The van der Waals surface area contributed by atoms with Gasteiger partial charge in [-0.25, -0.2) is 15.0 Å². The molecule has 0 bridgehead atoms. The Hall–Kier alpha value is -4.08. The highest BCUT2D eigenvalue weighted by molar-refractivity contribution is 5.90. The molecule has 2 aromatic carbocycles. The summed E-state index contributed by atoms with van der Waals surface area (Å²) < 4.78 is 39.4. The van der Waals surface area contributed by atoms with Crippen molar-refractivity contribution in [3.63, 3.8) is 0 Å². The Morgan fingerprint density at radius 2 is 1.85 bits per heavy atom. The van der Waals surface area contributed by atoms with Gasteiger partial charge in [-0.3, -0.25) is 14.2 Å². The summed E-state index contributed by atoms with van der Waals surface area (Å²) in [5.74, 6) is -0.261. The van der Waals surface area contributed by atoms with Crippen LogP contribution in [0.15, 0.2) is 65.8 Å². The van der Waals surface area contributed by atoms with Crippen molar-refractivity contribution in [2.75, 3.05) is 5.32 Å². The molecule has 1 N–H and O–H groups in total. The average molecular weight is 453 g/mol. The van der Waals surface area contributed by atoms with Crippen LogP contribution < -0.4 is 10.9 Å². The van der Waals surface area contributed by atoms with E-state index in [2.05, 4.69) is 20.3 Å². The molecule has 0 aliphatic carbocycles. The van der Waals surface area contributed by atoms with Gasteiger partial charge in [-0.2, -0.15) is 13.2 Å². The summed E-state index contributed by atoms with van der Waals surface area (Å²) in [6.07, 6.45) is -1.16. The molecule has 0 aliphatic rings. The monoisotopic (exact) mass is 453 g/mol. The van der Waals surface area contributed by atoms with Crippen LogP contribution in [0.5, 0.6) is 0 Å². The first kappa shape index (κ1) is 22.1. The maximum Gasteiger partial charge on any atom is 0.416 e. The van der Waals surface area contributed by atoms with Gasteiger partial charge in [0.05, 0.1) is 5.56 Å². The van der Waals surface area contributed by atoms with E-state index in [9.17, 15) is 22.8 Å². The van der Waals surface area contributed by atoms with Crippen molar-refractivity contribution in [3.05, 3.63) is 82.5 Å². The molecule has 1 amide bonds. The molecule has 2 aromatic heterocycles. The Balaban J connectivity index is 1.55. The van der Waals surface area contributed by atoms with Crippen LogP contribution in [0.4, 0.5) is 18.9 Å². The number of nitrogens with zero attached hydrogens (tertiary/aromatic N) is 4. The molecule has 4 aromatic rings. The van der Waals surface area contributed by atoms with Gasteiger partial charge in [0.1, 0.15) is 18.3 Å². The predicted molar refractivity (Wildman–Crippen MR) is 116 cm³/mol. The molecule has 0 aliphatic heterocycles. The largest absolute Gasteiger partial charge is 0.416 e. The molecule has 0 radical (unpaired) electrons. The van der Waals surface area contributed by atoms with E-state index in [1.54, 1.807) is 6.07 Å². The Kier molecular flexibility index (Phi) is 5.91. The number of nitrogens with one attached hydrogen (secondary N) is 1. The third kappa shape index (κ3) is 4.89. The lowest BCUT2D eigenvalue weighted by Crippen LogP contribution is -2.28. The summed E-state index contributed by atoms with van der Waals surface area (Å²) in [5.41, 5.74) is 0.843. The van der Waals surface area contributed by atoms with Crippen molar-refractivity contribution in [1.82, 2.24) is 19.5 Å². The quantitative estimate of drug-likeness (QED) is 0.492. The summed E-state index contributed by atoms with van der Waals surface area (Å²) in [6, 6.07) is 11.8. The van der Waals surface area contributed by atoms with Gasteiger partial charge in [-0.15, -0.1) is 0 Å². The van der Waals surface area contributed by atoms with E-state index in [1.807, 2.05) is 25.1 Å². The first-order valence-corrected chi connectivity index (χ1v) is 10.0. The van der Waals surface area contributed by atoms with Crippen LogP contribution >= 0.6 is 0 Å². The maximum atomic E-state index is 12.8. The van der Waals surface area contributed by atoms with Gasteiger partial charge in [0.15, 0.2) is 11.5 Å². The van der Waals surface area contributed by atoms with E-state index in [0.717, 1.165) is 28.7 Å². The molecule has 0 spiro atoms. The molecule has 168 valence electrons. The van der Waals surface area contributed by atoms with Crippen molar-refractivity contribution < 1.29 is 18.0 Å². The lowest BCUT2D eigenvalue weighted by molar-refractivity contribution is -0.137. The summed E-state index contributed by atoms with van der Waals surface area (Å²) in [7, 11) is 0. The zero-order chi connectivity index (χ0) is 23.6. The number of carbonyl (C=O) groups is 1. The minimum Gasteiger partial charge on any atom is -0.325 e. The molecule has 2 heterocycles. The highest BCUT2D eigenvalue weighted by Crippen LogP contribution is 2.30. The average Bonchev–Trinajstić information content (AvgIpc) is 2.80. The first-order valence-electron chi connectivity index (χ1n) is 10.0. The fourth-order valence-electron chi connectivity index (χ4n) is 3.24. The van der Waals surface area contributed by atoms with Crippen LogP contribution in [0, 0.1) is 0 Å². The van der Waals surface area contributed by atoms with Gasteiger partial charge in [0.25, 0.3) is 5.56 Å². The van der Waals surface area contributed by atoms with Gasteiger partial charge in [0, 0.05) is 17.4 Å². The molecule has 0 saturated heterocycles. The van der Waals surface area contributed by atoms with Crippen molar-refractivity contribution in [2.45, 2.75) is 26.1 Å². The van der Waals surface area contributed by atoms with Gasteiger partial charge in [0.2, 0.25) is 5.91 Å². The number of hydrogen-bond acceptors (Lipinski definition) is 5. The fourth-order valence-corrected chi connectivity index (χ4v) is 3.24. The summed E-state index contributed by atoms with van der Waals surface area (Å²) in [6.45, 7) is 1.76. The van der Waals surface area contributed by atoms with Crippen molar-refractivity contribution >= 4 is 22.6 Å². The Morgan fingerprint density at radius 3 is 2.55 bits per heavy atom. The minimum atomic E-state index is -4.44. The predicted octanol–water partition coefficient (Wildman–Crippen LogP) is 4.07. The number of fused-ring (bicyclic) bond motifs is 1. The molecule has 0 fully saturated rings. The zero-order valence-corrected chi connectivity index (χ0v) is 17.4. The number of benzene rings is 2. The van der Waals surface area contributed by atoms with E-state index in [1.165, 1.54) is 24.7 Å². The highest BCUT2D eigenvalue weighted by atomic mass is 19.4. The number of rotatable bonds is 5.